The highest BCUT2D eigenvalue weighted by Crippen LogP contribution is 2.31. The van der Waals surface area contributed by atoms with E-state index in [4.69, 9.17) is 4.74 Å². The summed E-state index contributed by atoms with van der Waals surface area (Å²) in [5.41, 5.74) is 1.24. The quantitative estimate of drug-likeness (QED) is 0.749. The maximum atomic E-state index is 13.1. The molecule has 8 heteroatoms. The van der Waals surface area contributed by atoms with Gasteiger partial charge in [0.15, 0.2) is 19.7 Å². The van der Waals surface area contributed by atoms with E-state index in [1.807, 2.05) is 0 Å². The van der Waals surface area contributed by atoms with Crippen molar-refractivity contribution in [1.82, 2.24) is 5.32 Å². The van der Waals surface area contributed by atoms with Crippen LogP contribution in [0, 0.1) is 13.8 Å². The SMILES string of the molecule is C=CCN[C@@H]1CS(=O)(=O)C[C@@H]1S(=O)(=O)c1cc(C)c(OC)cc1C. The standard InChI is InChI=1S/C16H23NO5S2/c1-5-6-17-13-9-23(18,19)10-16(13)24(20,21)15-8-11(2)14(22-4)7-12(15)3/h5,7-8,13,16-17H,1,6,9-10H2,2-4H3/t13-,16+/m1/s1. The Morgan fingerprint density at radius 1 is 1.29 bits per heavy atom. The molecule has 6 nitrogen and oxygen atoms in total. The first-order chi connectivity index (χ1) is 11.1. The molecular formula is C16H23NO5S2. The first-order valence-corrected chi connectivity index (χ1v) is 10.9. The second-order valence-electron chi connectivity index (χ2n) is 6.05. The summed E-state index contributed by atoms with van der Waals surface area (Å²) >= 11 is 0. The Labute approximate surface area is 143 Å². The number of sulfone groups is 2. The minimum Gasteiger partial charge on any atom is -0.496 e. The Morgan fingerprint density at radius 3 is 2.54 bits per heavy atom. The Balaban J connectivity index is 2.49. The number of benzene rings is 1. The van der Waals surface area contributed by atoms with Gasteiger partial charge in [-0.05, 0) is 37.1 Å². The van der Waals surface area contributed by atoms with Crippen molar-refractivity contribution < 1.29 is 21.6 Å². The fraction of sp³-hybridized carbons (Fsp3) is 0.500. The maximum absolute atomic E-state index is 13.1. The molecule has 1 saturated heterocycles. The third-order valence-electron chi connectivity index (χ3n) is 4.22. The van der Waals surface area contributed by atoms with Crippen LogP contribution in [0.3, 0.4) is 0 Å². The lowest BCUT2D eigenvalue weighted by atomic mass is 10.1. The van der Waals surface area contributed by atoms with E-state index in [1.54, 1.807) is 32.1 Å². The highest BCUT2D eigenvalue weighted by Gasteiger charge is 2.46. The number of hydrogen-bond acceptors (Lipinski definition) is 6. The van der Waals surface area contributed by atoms with E-state index in [0.717, 1.165) is 0 Å². The summed E-state index contributed by atoms with van der Waals surface area (Å²) in [6.07, 6.45) is 1.58. The Kier molecular flexibility index (Phi) is 5.41. The summed E-state index contributed by atoms with van der Waals surface area (Å²) in [5, 5.41) is 1.96. The van der Waals surface area contributed by atoms with E-state index < -0.39 is 31.0 Å². The zero-order chi connectivity index (χ0) is 18.1. The van der Waals surface area contributed by atoms with Crippen molar-refractivity contribution in [1.29, 1.82) is 0 Å². The van der Waals surface area contributed by atoms with Gasteiger partial charge in [0.1, 0.15) is 5.75 Å². The van der Waals surface area contributed by atoms with E-state index in [9.17, 15) is 16.8 Å². The minimum atomic E-state index is -3.80. The van der Waals surface area contributed by atoms with Crippen LogP contribution in [-0.2, 0) is 19.7 Å². The van der Waals surface area contributed by atoms with E-state index in [1.165, 1.54) is 7.11 Å². The summed E-state index contributed by atoms with van der Waals surface area (Å²) in [5.74, 6) is 0.0555. The molecule has 1 fully saturated rings. The van der Waals surface area contributed by atoms with Crippen molar-refractivity contribution in [2.75, 3.05) is 25.2 Å². The van der Waals surface area contributed by atoms with Crippen LogP contribution in [0.15, 0.2) is 29.7 Å². The summed E-state index contributed by atoms with van der Waals surface area (Å²) in [6, 6.07) is 2.58. The summed E-state index contributed by atoms with van der Waals surface area (Å²) < 4.78 is 55.4. The van der Waals surface area contributed by atoms with Crippen LogP contribution >= 0.6 is 0 Å². The van der Waals surface area contributed by atoms with Crippen LogP contribution in [0.5, 0.6) is 5.75 Å². The molecule has 24 heavy (non-hydrogen) atoms. The van der Waals surface area contributed by atoms with Gasteiger partial charge in [-0.2, -0.15) is 0 Å². The zero-order valence-electron chi connectivity index (χ0n) is 14.1. The molecule has 1 aromatic carbocycles. The fourth-order valence-electron chi connectivity index (χ4n) is 3.00. The fourth-order valence-corrected chi connectivity index (χ4v) is 8.03. The Hall–Kier alpha value is -1.38. The molecule has 2 rings (SSSR count). The van der Waals surface area contributed by atoms with Crippen LogP contribution < -0.4 is 10.1 Å². The summed E-state index contributed by atoms with van der Waals surface area (Å²) in [7, 11) is -5.68. The van der Waals surface area contributed by atoms with Gasteiger partial charge >= 0.3 is 0 Å². The van der Waals surface area contributed by atoms with Crippen LogP contribution in [0.25, 0.3) is 0 Å². The molecule has 0 aromatic heterocycles. The molecule has 0 aliphatic carbocycles. The number of nitrogens with one attached hydrogen (secondary N) is 1. The molecule has 2 atom stereocenters. The lowest BCUT2D eigenvalue weighted by molar-refractivity contribution is 0.411. The summed E-state index contributed by atoms with van der Waals surface area (Å²) in [6.45, 7) is 7.37. The van der Waals surface area contributed by atoms with Gasteiger partial charge < -0.3 is 10.1 Å². The average Bonchev–Trinajstić information content (AvgIpc) is 2.82. The molecule has 0 spiro atoms. The molecule has 1 aliphatic rings. The van der Waals surface area contributed by atoms with Gasteiger partial charge in [-0.3, -0.25) is 0 Å². The van der Waals surface area contributed by atoms with Gasteiger partial charge in [0.2, 0.25) is 0 Å². The molecule has 0 bridgehead atoms. The number of methoxy groups -OCH3 is 1. The predicted molar refractivity (Wildman–Crippen MR) is 94.1 cm³/mol. The van der Waals surface area contributed by atoms with Crippen molar-refractivity contribution >= 4 is 19.7 Å². The molecule has 0 saturated carbocycles. The highest BCUT2D eigenvalue weighted by atomic mass is 32.2. The molecule has 1 N–H and O–H groups in total. The summed E-state index contributed by atoms with van der Waals surface area (Å²) in [4.78, 5) is 0.160. The average molecular weight is 373 g/mol. The van der Waals surface area contributed by atoms with Crippen molar-refractivity contribution in [3.63, 3.8) is 0 Å². The van der Waals surface area contributed by atoms with E-state index in [-0.39, 0.29) is 16.4 Å². The molecular weight excluding hydrogens is 350 g/mol. The first kappa shape index (κ1) is 19.0. The molecule has 134 valence electrons. The van der Waals surface area contributed by atoms with Crippen LogP contribution in [0.1, 0.15) is 11.1 Å². The lowest BCUT2D eigenvalue weighted by Gasteiger charge is -2.21. The zero-order valence-corrected chi connectivity index (χ0v) is 15.7. The minimum absolute atomic E-state index is 0.160. The van der Waals surface area contributed by atoms with Gasteiger partial charge in [0.25, 0.3) is 0 Å². The molecule has 0 unspecified atom stereocenters. The monoisotopic (exact) mass is 373 g/mol. The van der Waals surface area contributed by atoms with Crippen molar-refractivity contribution in [3.05, 3.63) is 35.9 Å². The third-order valence-corrected chi connectivity index (χ3v) is 8.51. The molecule has 1 aromatic rings. The van der Waals surface area contributed by atoms with E-state index in [0.29, 0.717) is 23.4 Å². The van der Waals surface area contributed by atoms with Gasteiger partial charge in [-0.25, -0.2) is 16.8 Å². The van der Waals surface area contributed by atoms with Gasteiger partial charge in [0, 0.05) is 12.6 Å². The second-order valence-corrected chi connectivity index (χ2v) is 10.3. The lowest BCUT2D eigenvalue weighted by Crippen LogP contribution is -2.43. The Morgan fingerprint density at radius 2 is 1.96 bits per heavy atom. The van der Waals surface area contributed by atoms with E-state index in [2.05, 4.69) is 11.9 Å². The van der Waals surface area contributed by atoms with Gasteiger partial charge in [-0.15, -0.1) is 6.58 Å². The number of aryl methyl sites for hydroxylation is 2. The normalized spacial score (nSPS) is 23.1. The smallest absolute Gasteiger partial charge is 0.184 e. The van der Waals surface area contributed by atoms with Crippen molar-refractivity contribution in [2.24, 2.45) is 0 Å². The molecule has 1 heterocycles. The van der Waals surface area contributed by atoms with Gasteiger partial charge in [0.05, 0.1) is 28.8 Å². The maximum Gasteiger partial charge on any atom is 0.184 e. The molecule has 0 amide bonds. The topological polar surface area (TPSA) is 89.5 Å². The Bertz CT molecular complexity index is 843. The number of hydrogen-bond donors (Lipinski definition) is 1. The molecule has 0 radical (unpaired) electrons. The van der Waals surface area contributed by atoms with Crippen LogP contribution in [-0.4, -0.2) is 53.3 Å². The van der Waals surface area contributed by atoms with Crippen LogP contribution in [0.4, 0.5) is 0 Å². The van der Waals surface area contributed by atoms with Crippen LogP contribution in [0.2, 0.25) is 0 Å². The molecule has 1 aliphatic heterocycles. The second kappa shape index (κ2) is 6.85. The number of rotatable bonds is 6. The van der Waals surface area contributed by atoms with Crippen molar-refractivity contribution in [2.45, 2.75) is 30.0 Å². The van der Waals surface area contributed by atoms with Gasteiger partial charge in [-0.1, -0.05) is 6.08 Å². The van der Waals surface area contributed by atoms with Crippen molar-refractivity contribution in [3.8, 4) is 5.75 Å². The largest absolute Gasteiger partial charge is 0.496 e. The number of ether oxygens (including phenoxy) is 1. The predicted octanol–water partition coefficient (Wildman–Crippen LogP) is 1.03. The highest BCUT2D eigenvalue weighted by molar-refractivity contribution is 7.96. The first-order valence-electron chi connectivity index (χ1n) is 7.56. The third kappa shape index (κ3) is 3.65. The van der Waals surface area contributed by atoms with E-state index >= 15 is 0 Å².